The molecule has 0 aromatic heterocycles. The Labute approximate surface area is 186 Å². The van der Waals surface area contributed by atoms with E-state index < -0.39 is 4.92 Å². The van der Waals surface area contributed by atoms with Gasteiger partial charge in [0.25, 0.3) is 11.6 Å². The largest absolute Gasteiger partial charge is 0.310 e. The molecule has 0 saturated heterocycles. The molecule has 0 N–H and O–H groups in total. The number of nitro groups is 1. The van der Waals surface area contributed by atoms with Crippen molar-refractivity contribution in [3.63, 3.8) is 0 Å². The topological polar surface area (TPSA) is 79.0 Å². The van der Waals surface area contributed by atoms with Gasteiger partial charge in [0, 0.05) is 18.0 Å². The van der Waals surface area contributed by atoms with Crippen molar-refractivity contribution in [3.8, 4) is 0 Å². The minimum absolute atomic E-state index is 0.0562. The molecular weight excluding hydrogens is 404 g/mol. The van der Waals surface area contributed by atoms with E-state index >= 15 is 0 Å². The van der Waals surface area contributed by atoms with Gasteiger partial charge in [-0.2, -0.15) is 10.1 Å². The molecule has 1 heterocycles. The van der Waals surface area contributed by atoms with E-state index in [9.17, 15) is 14.9 Å². The minimum Gasteiger partial charge on any atom is -0.310 e. The molecule has 0 saturated carbocycles. The van der Waals surface area contributed by atoms with Crippen molar-refractivity contribution in [2.75, 3.05) is 9.91 Å². The highest BCUT2D eigenvalue weighted by Gasteiger charge is 2.31. The molecule has 0 aliphatic carbocycles. The van der Waals surface area contributed by atoms with Gasteiger partial charge in [-0.1, -0.05) is 36.4 Å². The zero-order valence-corrected chi connectivity index (χ0v) is 18.0. The number of carbonyl (C=O) groups is 1. The summed E-state index contributed by atoms with van der Waals surface area (Å²) in [5.74, 6) is -0.287. The number of aryl methyl sites for hydroxylation is 2. The number of benzene rings is 3. The Morgan fingerprint density at radius 3 is 2.31 bits per heavy atom. The number of carbonyl (C=O) groups excluding carboxylic acids is 1. The first-order valence-electron chi connectivity index (χ1n) is 10.1. The predicted octanol–water partition coefficient (Wildman–Crippen LogP) is 5.66. The minimum atomic E-state index is -0.428. The first-order chi connectivity index (χ1) is 15.4. The van der Waals surface area contributed by atoms with Gasteiger partial charge in [-0.25, -0.2) is 0 Å². The molecule has 32 heavy (non-hydrogen) atoms. The summed E-state index contributed by atoms with van der Waals surface area (Å²) in [7, 11) is 0. The third-order valence-electron chi connectivity index (χ3n) is 5.43. The number of amides is 1. The molecule has 7 heteroatoms. The maximum Gasteiger partial charge on any atom is 0.293 e. The standard InChI is InChI=1S/C25H22N4O3/c1-17-13-14-21(15-18(17)2)28-25(30)22(19(3)26-28)16-27(20-9-5-4-6-10-20)23-11-7-8-12-24(23)29(31)32/h4-16H,1-3H3/b22-16+. The fourth-order valence-corrected chi connectivity index (χ4v) is 3.52. The molecule has 160 valence electrons. The third-order valence-corrected chi connectivity index (χ3v) is 5.43. The highest BCUT2D eigenvalue weighted by atomic mass is 16.6. The van der Waals surface area contributed by atoms with Crippen LogP contribution >= 0.6 is 0 Å². The molecule has 0 unspecified atom stereocenters. The van der Waals surface area contributed by atoms with Crippen LogP contribution in [-0.4, -0.2) is 16.5 Å². The molecule has 1 aliphatic rings. The van der Waals surface area contributed by atoms with Crippen molar-refractivity contribution in [2.24, 2.45) is 5.10 Å². The summed E-state index contributed by atoms with van der Waals surface area (Å²) in [6, 6.07) is 21.4. The molecule has 3 aromatic rings. The SMILES string of the molecule is CC1=NN(c2ccc(C)c(C)c2)C(=O)/C1=C/N(c1ccccc1)c1ccccc1[N+](=O)[O-]. The maximum atomic E-state index is 13.3. The summed E-state index contributed by atoms with van der Waals surface area (Å²) in [5, 5.41) is 17.5. The number of nitrogens with zero attached hydrogens (tertiary/aromatic N) is 4. The van der Waals surface area contributed by atoms with Crippen molar-refractivity contribution >= 4 is 34.4 Å². The maximum absolute atomic E-state index is 13.3. The summed E-state index contributed by atoms with van der Waals surface area (Å²) in [6.07, 6.45) is 1.62. The van der Waals surface area contributed by atoms with Gasteiger partial charge in [0.05, 0.1) is 21.9 Å². The predicted molar refractivity (Wildman–Crippen MR) is 126 cm³/mol. The second-order valence-electron chi connectivity index (χ2n) is 7.57. The van der Waals surface area contributed by atoms with Crippen LogP contribution in [0.2, 0.25) is 0 Å². The molecule has 1 amide bonds. The molecular formula is C25H22N4O3. The summed E-state index contributed by atoms with van der Waals surface area (Å²) in [4.78, 5) is 26.2. The van der Waals surface area contributed by atoms with Gasteiger partial charge in [0.1, 0.15) is 5.69 Å². The Morgan fingerprint density at radius 1 is 0.938 bits per heavy atom. The second kappa shape index (κ2) is 8.47. The smallest absolute Gasteiger partial charge is 0.293 e. The Hall–Kier alpha value is -4.26. The highest BCUT2D eigenvalue weighted by molar-refractivity contribution is 6.30. The van der Waals surface area contributed by atoms with Crippen molar-refractivity contribution in [2.45, 2.75) is 20.8 Å². The van der Waals surface area contributed by atoms with Gasteiger partial charge in [0.2, 0.25) is 0 Å². The summed E-state index contributed by atoms with van der Waals surface area (Å²) < 4.78 is 0. The summed E-state index contributed by atoms with van der Waals surface area (Å²) >= 11 is 0. The average molecular weight is 426 g/mol. The van der Waals surface area contributed by atoms with Crippen LogP contribution in [0, 0.1) is 24.0 Å². The number of para-hydroxylation sites is 3. The van der Waals surface area contributed by atoms with Crippen molar-refractivity contribution in [1.82, 2.24) is 0 Å². The highest BCUT2D eigenvalue weighted by Crippen LogP contribution is 2.35. The van der Waals surface area contributed by atoms with Crippen LogP contribution in [0.25, 0.3) is 0 Å². The van der Waals surface area contributed by atoms with Gasteiger partial charge >= 0.3 is 0 Å². The zero-order chi connectivity index (χ0) is 22.8. The van der Waals surface area contributed by atoms with Crippen LogP contribution in [0.3, 0.4) is 0 Å². The number of hydrogen-bond donors (Lipinski definition) is 0. The molecule has 0 radical (unpaired) electrons. The van der Waals surface area contributed by atoms with Gasteiger partial charge in [-0.3, -0.25) is 14.9 Å². The third kappa shape index (κ3) is 3.88. The molecule has 0 fully saturated rings. The van der Waals surface area contributed by atoms with E-state index in [0.29, 0.717) is 28.3 Å². The zero-order valence-electron chi connectivity index (χ0n) is 18.0. The Kier molecular flexibility index (Phi) is 5.55. The van der Waals surface area contributed by atoms with E-state index in [-0.39, 0.29) is 11.6 Å². The first kappa shape index (κ1) is 21.0. The van der Waals surface area contributed by atoms with Gasteiger partial charge < -0.3 is 4.90 Å². The molecule has 1 aliphatic heterocycles. The Balaban J connectivity index is 1.81. The van der Waals surface area contributed by atoms with Gasteiger partial charge in [-0.15, -0.1) is 0 Å². The van der Waals surface area contributed by atoms with E-state index in [4.69, 9.17) is 0 Å². The molecule has 7 nitrogen and oxygen atoms in total. The average Bonchev–Trinajstić information content (AvgIpc) is 3.07. The number of rotatable bonds is 5. The molecule has 3 aromatic carbocycles. The molecule has 0 bridgehead atoms. The monoisotopic (exact) mass is 426 g/mol. The van der Waals surface area contributed by atoms with E-state index in [1.54, 1.807) is 36.2 Å². The molecule has 0 spiro atoms. The van der Waals surface area contributed by atoms with Crippen molar-refractivity contribution in [3.05, 3.63) is 106 Å². The van der Waals surface area contributed by atoms with E-state index in [1.807, 2.05) is 62.4 Å². The Bertz CT molecular complexity index is 1270. The number of nitro benzene ring substituents is 1. The number of anilines is 3. The lowest BCUT2D eigenvalue weighted by Gasteiger charge is -2.21. The van der Waals surface area contributed by atoms with E-state index in [1.165, 1.54) is 11.1 Å². The fraction of sp³-hybridized carbons (Fsp3) is 0.120. The lowest BCUT2D eigenvalue weighted by molar-refractivity contribution is -0.384. The van der Waals surface area contributed by atoms with Crippen molar-refractivity contribution in [1.29, 1.82) is 0 Å². The van der Waals surface area contributed by atoms with E-state index in [2.05, 4.69) is 5.10 Å². The van der Waals surface area contributed by atoms with Crippen molar-refractivity contribution < 1.29 is 9.72 Å². The lowest BCUT2D eigenvalue weighted by atomic mass is 10.1. The van der Waals surface area contributed by atoms with Crippen LogP contribution in [-0.2, 0) is 4.79 Å². The van der Waals surface area contributed by atoms with Crippen LogP contribution in [0.5, 0.6) is 0 Å². The number of hydrogen-bond acceptors (Lipinski definition) is 5. The molecule has 0 atom stereocenters. The fourth-order valence-electron chi connectivity index (χ4n) is 3.52. The summed E-state index contributed by atoms with van der Waals surface area (Å²) in [6.45, 7) is 5.75. The lowest BCUT2D eigenvalue weighted by Crippen LogP contribution is -2.23. The van der Waals surface area contributed by atoms with E-state index in [0.717, 1.165) is 11.1 Å². The van der Waals surface area contributed by atoms with Gasteiger partial charge in [0.15, 0.2) is 0 Å². The first-order valence-corrected chi connectivity index (χ1v) is 10.1. The van der Waals surface area contributed by atoms with Gasteiger partial charge in [-0.05, 0) is 62.2 Å². The Morgan fingerprint density at radius 2 is 1.62 bits per heavy atom. The van der Waals surface area contributed by atoms with Crippen LogP contribution < -0.4 is 9.91 Å². The van der Waals surface area contributed by atoms with Crippen LogP contribution in [0.1, 0.15) is 18.1 Å². The normalized spacial score (nSPS) is 14.6. The second-order valence-corrected chi connectivity index (χ2v) is 7.57. The quantitative estimate of drug-likeness (QED) is 0.300. The number of hydrazone groups is 1. The summed E-state index contributed by atoms with van der Waals surface area (Å²) in [5.41, 5.74) is 4.77. The van der Waals surface area contributed by atoms with Crippen LogP contribution in [0.4, 0.5) is 22.7 Å². The molecule has 4 rings (SSSR count). The van der Waals surface area contributed by atoms with Crippen LogP contribution in [0.15, 0.2) is 89.7 Å².